The van der Waals surface area contributed by atoms with Gasteiger partial charge < -0.3 is 9.47 Å². The molecule has 4 atom stereocenters. The van der Waals surface area contributed by atoms with Gasteiger partial charge in [-0.05, 0) is 18.1 Å². The molecule has 0 radical (unpaired) electrons. The smallest absolute Gasteiger partial charge is 0.313 e. The van der Waals surface area contributed by atoms with E-state index in [0.717, 1.165) is 11.1 Å². The van der Waals surface area contributed by atoms with E-state index in [-0.39, 0.29) is 17.6 Å². The first-order chi connectivity index (χ1) is 13.0. The van der Waals surface area contributed by atoms with Crippen LogP contribution >= 0.6 is 0 Å². The molecule has 0 spiro atoms. The number of hydrogen-bond donors (Lipinski definition) is 0. The molecular formula is C22H20O5. The SMILES string of the molecule is COC(=O)[C@@H]1[C@H]2c3ccccc3C(=O)c3ccccc3[C@@H]2[C@@]1(C)C(=O)OC. The Balaban J connectivity index is 2.03. The fourth-order valence-corrected chi connectivity index (χ4v) is 5.00. The van der Waals surface area contributed by atoms with Crippen molar-refractivity contribution < 1.29 is 23.9 Å². The second kappa shape index (κ2) is 6.05. The summed E-state index contributed by atoms with van der Waals surface area (Å²) in [6.07, 6.45) is 0. The zero-order chi connectivity index (χ0) is 19.3. The van der Waals surface area contributed by atoms with Crippen molar-refractivity contribution in [3.05, 3.63) is 70.8 Å². The summed E-state index contributed by atoms with van der Waals surface area (Å²) in [7, 11) is 2.63. The molecule has 0 saturated heterocycles. The molecule has 4 rings (SSSR count). The topological polar surface area (TPSA) is 69.7 Å². The van der Waals surface area contributed by atoms with Crippen molar-refractivity contribution in [1.82, 2.24) is 0 Å². The lowest BCUT2D eigenvalue weighted by Gasteiger charge is -2.56. The third-order valence-electron chi connectivity index (χ3n) is 6.20. The molecule has 2 aliphatic rings. The second-order valence-electron chi connectivity index (χ2n) is 7.28. The fourth-order valence-electron chi connectivity index (χ4n) is 5.00. The van der Waals surface area contributed by atoms with Crippen LogP contribution < -0.4 is 0 Å². The van der Waals surface area contributed by atoms with Gasteiger partial charge in [-0.25, -0.2) is 0 Å². The molecule has 1 fully saturated rings. The Labute approximate surface area is 157 Å². The molecular weight excluding hydrogens is 344 g/mol. The highest BCUT2D eigenvalue weighted by molar-refractivity contribution is 6.12. The van der Waals surface area contributed by atoms with Gasteiger partial charge in [0.1, 0.15) is 0 Å². The van der Waals surface area contributed by atoms with Crippen molar-refractivity contribution >= 4 is 17.7 Å². The zero-order valence-corrected chi connectivity index (χ0v) is 15.4. The molecule has 5 nitrogen and oxygen atoms in total. The van der Waals surface area contributed by atoms with Crippen LogP contribution in [0.5, 0.6) is 0 Å². The fraction of sp³-hybridized carbons (Fsp3) is 0.318. The van der Waals surface area contributed by atoms with Crippen molar-refractivity contribution in [2.45, 2.75) is 18.8 Å². The van der Waals surface area contributed by atoms with E-state index in [1.165, 1.54) is 14.2 Å². The van der Waals surface area contributed by atoms with Gasteiger partial charge >= 0.3 is 11.9 Å². The molecule has 2 aromatic carbocycles. The van der Waals surface area contributed by atoms with Crippen LogP contribution in [0, 0.1) is 11.3 Å². The van der Waals surface area contributed by atoms with Crippen LogP contribution in [0.2, 0.25) is 0 Å². The Kier molecular flexibility index (Phi) is 3.91. The lowest BCUT2D eigenvalue weighted by atomic mass is 9.44. The molecule has 0 N–H and O–H groups in total. The first-order valence-electron chi connectivity index (χ1n) is 8.85. The van der Waals surface area contributed by atoms with Gasteiger partial charge in [0.2, 0.25) is 0 Å². The van der Waals surface area contributed by atoms with Crippen molar-refractivity contribution in [3.63, 3.8) is 0 Å². The molecule has 0 unspecified atom stereocenters. The van der Waals surface area contributed by atoms with E-state index in [1.807, 2.05) is 36.4 Å². The third kappa shape index (κ3) is 2.14. The number of fused-ring (bicyclic) bond motifs is 5. The van der Waals surface area contributed by atoms with Crippen molar-refractivity contribution in [2.24, 2.45) is 11.3 Å². The zero-order valence-electron chi connectivity index (χ0n) is 15.4. The number of methoxy groups -OCH3 is 2. The second-order valence-corrected chi connectivity index (χ2v) is 7.28. The summed E-state index contributed by atoms with van der Waals surface area (Å²) in [5.74, 6) is -2.43. The maximum Gasteiger partial charge on any atom is 0.313 e. The molecule has 2 aliphatic carbocycles. The molecule has 0 amide bonds. The largest absolute Gasteiger partial charge is 0.469 e. The summed E-state index contributed by atoms with van der Waals surface area (Å²) in [5.41, 5.74) is 1.58. The minimum absolute atomic E-state index is 0.0913. The maximum atomic E-state index is 13.2. The summed E-state index contributed by atoms with van der Waals surface area (Å²) in [4.78, 5) is 38.7. The minimum Gasteiger partial charge on any atom is -0.469 e. The van der Waals surface area contributed by atoms with Crippen LogP contribution in [0.15, 0.2) is 48.5 Å². The summed E-state index contributed by atoms with van der Waals surface area (Å²) >= 11 is 0. The normalized spacial score (nSPS) is 28.0. The predicted octanol–water partition coefficient (Wildman–Crippen LogP) is 3.08. The van der Waals surface area contributed by atoms with Gasteiger partial charge in [-0.15, -0.1) is 0 Å². The number of esters is 2. The van der Waals surface area contributed by atoms with E-state index in [4.69, 9.17) is 9.47 Å². The summed E-state index contributed by atoms with van der Waals surface area (Å²) in [6, 6.07) is 14.6. The number of ketones is 1. The van der Waals surface area contributed by atoms with Gasteiger partial charge in [0.25, 0.3) is 0 Å². The monoisotopic (exact) mass is 364 g/mol. The first kappa shape index (κ1) is 17.5. The molecule has 0 aliphatic heterocycles. The standard InChI is InChI=1S/C22H20O5/c1-22(21(25)27-3)17-13-9-5-7-11-15(13)19(23)14-10-6-4-8-12(14)16(17)18(22)20(24)26-2/h4-11,16-18H,1-3H3/t16-,17-,18-,22+/m0/s1. The van der Waals surface area contributed by atoms with Crippen LogP contribution in [0.1, 0.15) is 45.8 Å². The van der Waals surface area contributed by atoms with Gasteiger partial charge in [-0.1, -0.05) is 48.5 Å². The number of carbonyl (C=O) groups excluding carboxylic acids is 3. The lowest BCUT2D eigenvalue weighted by molar-refractivity contribution is -0.182. The lowest BCUT2D eigenvalue weighted by Crippen LogP contribution is -2.60. The Hall–Kier alpha value is -2.95. The molecule has 5 heteroatoms. The van der Waals surface area contributed by atoms with Gasteiger partial charge in [-0.3, -0.25) is 14.4 Å². The van der Waals surface area contributed by atoms with Gasteiger partial charge in [0, 0.05) is 23.0 Å². The highest BCUT2D eigenvalue weighted by Gasteiger charge is 2.69. The van der Waals surface area contributed by atoms with E-state index in [9.17, 15) is 14.4 Å². The molecule has 1 saturated carbocycles. The highest BCUT2D eigenvalue weighted by Crippen LogP contribution is 2.67. The average molecular weight is 364 g/mol. The van der Waals surface area contributed by atoms with E-state index in [1.54, 1.807) is 19.1 Å². The Morgan fingerprint density at radius 3 is 2.04 bits per heavy atom. The molecule has 2 aromatic rings. The molecule has 0 aromatic heterocycles. The van der Waals surface area contributed by atoms with Crippen LogP contribution in [0.3, 0.4) is 0 Å². The van der Waals surface area contributed by atoms with Crippen LogP contribution in [-0.2, 0) is 19.1 Å². The average Bonchev–Trinajstić information content (AvgIpc) is 2.79. The van der Waals surface area contributed by atoms with E-state index in [2.05, 4.69) is 0 Å². The maximum absolute atomic E-state index is 13.2. The molecule has 138 valence electrons. The van der Waals surface area contributed by atoms with Crippen molar-refractivity contribution in [1.29, 1.82) is 0 Å². The van der Waals surface area contributed by atoms with Crippen molar-refractivity contribution in [2.75, 3.05) is 14.2 Å². The van der Waals surface area contributed by atoms with Crippen molar-refractivity contribution in [3.8, 4) is 0 Å². The first-order valence-corrected chi connectivity index (χ1v) is 8.85. The molecule has 27 heavy (non-hydrogen) atoms. The number of hydrogen-bond acceptors (Lipinski definition) is 5. The Morgan fingerprint density at radius 1 is 0.889 bits per heavy atom. The number of rotatable bonds is 2. The number of ether oxygens (including phenoxy) is 2. The van der Waals surface area contributed by atoms with E-state index < -0.39 is 23.3 Å². The predicted molar refractivity (Wildman–Crippen MR) is 97.4 cm³/mol. The number of carbonyl (C=O) groups is 3. The molecule has 0 bridgehead atoms. The van der Waals surface area contributed by atoms with Crippen LogP contribution in [0.4, 0.5) is 0 Å². The molecule has 0 heterocycles. The van der Waals surface area contributed by atoms with E-state index >= 15 is 0 Å². The third-order valence-corrected chi connectivity index (χ3v) is 6.20. The summed E-state index contributed by atoms with van der Waals surface area (Å²) in [5, 5.41) is 0. The Bertz CT molecular complexity index is 963. The van der Waals surface area contributed by atoms with Gasteiger partial charge in [0.15, 0.2) is 5.78 Å². The quantitative estimate of drug-likeness (QED) is 0.766. The van der Waals surface area contributed by atoms with E-state index in [0.29, 0.717) is 11.1 Å². The van der Waals surface area contributed by atoms with Gasteiger partial charge in [-0.2, -0.15) is 0 Å². The highest BCUT2D eigenvalue weighted by atomic mass is 16.5. The van der Waals surface area contributed by atoms with Crippen LogP contribution in [0.25, 0.3) is 0 Å². The summed E-state index contributed by atoms with van der Waals surface area (Å²) in [6.45, 7) is 1.73. The van der Waals surface area contributed by atoms with Crippen LogP contribution in [-0.4, -0.2) is 31.9 Å². The number of benzene rings is 2. The van der Waals surface area contributed by atoms with Gasteiger partial charge in [0.05, 0.1) is 25.6 Å². The minimum atomic E-state index is -1.11. The Morgan fingerprint density at radius 2 is 1.44 bits per heavy atom. The summed E-state index contributed by atoms with van der Waals surface area (Å²) < 4.78 is 10.1.